The molecule has 0 radical (unpaired) electrons. The van der Waals surface area contributed by atoms with Crippen LogP contribution >= 0.6 is 0 Å². The molecule has 0 heterocycles. The van der Waals surface area contributed by atoms with Crippen LogP contribution in [0.15, 0.2) is 48.5 Å². The van der Waals surface area contributed by atoms with Crippen molar-refractivity contribution in [1.29, 1.82) is 0 Å². The molecule has 0 aliphatic carbocycles. The Bertz CT molecular complexity index is 852. The molecule has 0 aliphatic rings. The molecular weight excluding hydrogens is 359 g/mol. The zero-order valence-corrected chi connectivity index (χ0v) is 15.6. The van der Waals surface area contributed by atoms with E-state index in [1.165, 1.54) is 19.1 Å². The van der Waals surface area contributed by atoms with Gasteiger partial charge in [0.2, 0.25) is 15.9 Å². The molecule has 0 aromatic heterocycles. The third kappa shape index (κ3) is 4.95. The number of carbonyl (C=O) groups is 1. The van der Waals surface area contributed by atoms with Gasteiger partial charge >= 0.3 is 0 Å². The highest BCUT2D eigenvalue weighted by Gasteiger charge is 2.29. The number of hydrogen-bond donors (Lipinski definition) is 1. The summed E-state index contributed by atoms with van der Waals surface area (Å²) >= 11 is 0. The van der Waals surface area contributed by atoms with Gasteiger partial charge in [0, 0.05) is 5.69 Å². The first-order chi connectivity index (χ1) is 12.2. The fraction of sp³-hybridized carbons (Fsp3) is 0.278. The number of sulfonamides is 1. The van der Waals surface area contributed by atoms with Crippen molar-refractivity contribution in [2.45, 2.75) is 19.9 Å². The van der Waals surface area contributed by atoms with E-state index in [4.69, 9.17) is 4.74 Å². The predicted molar refractivity (Wildman–Crippen MR) is 99.4 cm³/mol. The summed E-state index contributed by atoms with van der Waals surface area (Å²) in [7, 11) is -3.75. The summed E-state index contributed by atoms with van der Waals surface area (Å²) in [6.07, 6.45) is 0.997. The lowest BCUT2D eigenvalue weighted by atomic mass is 10.2. The Hall–Kier alpha value is -2.61. The highest BCUT2D eigenvalue weighted by Crippen LogP contribution is 2.22. The van der Waals surface area contributed by atoms with Crippen LogP contribution in [0.5, 0.6) is 5.75 Å². The number of anilines is 2. The smallest absolute Gasteiger partial charge is 0.247 e. The molecule has 0 saturated carbocycles. The monoisotopic (exact) mass is 380 g/mol. The van der Waals surface area contributed by atoms with Gasteiger partial charge in [-0.1, -0.05) is 0 Å². The van der Waals surface area contributed by atoms with Crippen molar-refractivity contribution in [3.63, 3.8) is 0 Å². The van der Waals surface area contributed by atoms with Gasteiger partial charge in [-0.2, -0.15) is 0 Å². The summed E-state index contributed by atoms with van der Waals surface area (Å²) in [4.78, 5) is 12.5. The van der Waals surface area contributed by atoms with Gasteiger partial charge in [0.05, 0.1) is 18.6 Å². The zero-order chi connectivity index (χ0) is 19.3. The lowest BCUT2D eigenvalue weighted by molar-refractivity contribution is -0.116. The van der Waals surface area contributed by atoms with Crippen molar-refractivity contribution in [1.82, 2.24) is 0 Å². The van der Waals surface area contributed by atoms with Crippen LogP contribution < -0.4 is 14.4 Å². The van der Waals surface area contributed by atoms with E-state index in [9.17, 15) is 17.6 Å². The van der Waals surface area contributed by atoms with Crippen LogP contribution in [0.1, 0.15) is 13.8 Å². The number of carbonyl (C=O) groups excluding carboxylic acids is 1. The predicted octanol–water partition coefficient (Wildman–Crippen LogP) is 3.02. The second-order valence-electron chi connectivity index (χ2n) is 5.66. The second kappa shape index (κ2) is 8.18. The molecule has 0 saturated heterocycles. The van der Waals surface area contributed by atoms with Crippen LogP contribution in [0.2, 0.25) is 0 Å². The molecule has 0 fully saturated rings. The Kier molecular flexibility index (Phi) is 6.20. The Morgan fingerprint density at radius 3 is 2.23 bits per heavy atom. The summed E-state index contributed by atoms with van der Waals surface area (Å²) in [5.74, 6) is -0.333. The number of amides is 1. The van der Waals surface area contributed by atoms with E-state index >= 15 is 0 Å². The standard InChI is InChI=1S/C18H21FN2O4S/c1-4-25-17-11-7-15(8-12-17)20-18(22)13(2)21(26(3,23)24)16-9-5-14(19)6-10-16/h5-13H,4H2,1-3H3,(H,20,22)/t13-/m1/s1. The minimum absolute atomic E-state index is 0.211. The quantitative estimate of drug-likeness (QED) is 0.801. The SMILES string of the molecule is CCOc1ccc(NC(=O)[C@@H](C)N(c2ccc(F)cc2)S(C)(=O)=O)cc1. The molecule has 0 unspecified atom stereocenters. The average Bonchev–Trinajstić information content (AvgIpc) is 2.57. The van der Waals surface area contributed by atoms with Crippen molar-refractivity contribution in [2.24, 2.45) is 0 Å². The van der Waals surface area contributed by atoms with E-state index in [2.05, 4.69) is 5.32 Å². The van der Waals surface area contributed by atoms with Gasteiger partial charge in [-0.25, -0.2) is 12.8 Å². The number of rotatable bonds is 7. The molecule has 140 valence electrons. The molecule has 0 spiro atoms. The van der Waals surface area contributed by atoms with Crippen molar-refractivity contribution >= 4 is 27.3 Å². The number of nitrogens with one attached hydrogen (secondary N) is 1. The van der Waals surface area contributed by atoms with Crippen molar-refractivity contribution in [3.05, 3.63) is 54.3 Å². The summed E-state index contributed by atoms with van der Waals surface area (Å²) < 4.78 is 43.7. The average molecular weight is 380 g/mol. The van der Waals surface area contributed by atoms with Crippen LogP contribution in [0.4, 0.5) is 15.8 Å². The first kappa shape index (κ1) is 19.7. The maximum Gasteiger partial charge on any atom is 0.247 e. The maximum atomic E-state index is 13.1. The lowest BCUT2D eigenvalue weighted by Crippen LogP contribution is -2.45. The number of benzene rings is 2. The number of halogens is 1. The molecular formula is C18H21FN2O4S. The topological polar surface area (TPSA) is 75.7 Å². The molecule has 26 heavy (non-hydrogen) atoms. The lowest BCUT2D eigenvalue weighted by Gasteiger charge is -2.28. The van der Waals surface area contributed by atoms with Crippen molar-refractivity contribution in [2.75, 3.05) is 22.5 Å². The number of nitrogens with zero attached hydrogens (tertiary/aromatic N) is 1. The molecule has 1 N–H and O–H groups in total. The Balaban J connectivity index is 2.20. The van der Waals surface area contributed by atoms with Crippen LogP contribution in [0, 0.1) is 5.82 Å². The van der Waals surface area contributed by atoms with Crippen LogP contribution in [-0.2, 0) is 14.8 Å². The molecule has 0 aliphatic heterocycles. The largest absolute Gasteiger partial charge is 0.494 e. The highest BCUT2D eigenvalue weighted by atomic mass is 32.2. The normalized spacial score (nSPS) is 12.3. The summed E-state index contributed by atoms with van der Waals surface area (Å²) in [5, 5.41) is 2.67. The number of ether oxygens (including phenoxy) is 1. The second-order valence-corrected chi connectivity index (χ2v) is 7.52. The fourth-order valence-electron chi connectivity index (χ4n) is 2.44. The Morgan fingerprint density at radius 2 is 1.73 bits per heavy atom. The molecule has 6 nitrogen and oxygen atoms in total. The summed E-state index contributed by atoms with van der Waals surface area (Å²) in [6, 6.07) is 10.6. The summed E-state index contributed by atoms with van der Waals surface area (Å²) in [5.41, 5.74) is 0.723. The van der Waals surface area contributed by atoms with Gasteiger partial charge in [0.1, 0.15) is 17.6 Å². The van der Waals surface area contributed by atoms with E-state index in [1.807, 2.05) is 6.92 Å². The van der Waals surface area contributed by atoms with E-state index in [0.29, 0.717) is 18.0 Å². The maximum absolute atomic E-state index is 13.1. The third-order valence-corrected chi connectivity index (χ3v) is 4.84. The fourth-order valence-corrected chi connectivity index (χ4v) is 3.62. The Morgan fingerprint density at radius 1 is 1.15 bits per heavy atom. The van der Waals surface area contributed by atoms with E-state index in [-0.39, 0.29) is 5.69 Å². The molecule has 0 bridgehead atoms. The van der Waals surface area contributed by atoms with E-state index < -0.39 is 27.8 Å². The van der Waals surface area contributed by atoms with Crippen LogP contribution in [0.25, 0.3) is 0 Å². The van der Waals surface area contributed by atoms with Crippen LogP contribution in [0.3, 0.4) is 0 Å². The van der Waals surface area contributed by atoms with Gasteiger partial charge in [0.15, 0.2) is 0 Å². The third-order valence-electron chi connectivity index (χ3n) is 3.60. The molecule has 2 aromatic rings. The molecule has 2 aromatic carbocycles. The first-order valence-electron chi connectivity index (χ1n) is 8.01. The van der Waals surface area contributed by atoms with Gasteiger partial charge in [0.25, 0.3) is 0 Å². The van der Waals surface area contributed by atoms with Crippen molar-refractivity contribution < 1.29 is 22.3 Å². The minimum atomic E-state index is -3.75. The molecule has 1 atom stereocenters. The van der Waals surface area contributed by atoms with Gasteiger partial charge in [-0.15, -0.1) is 0 Å². The van der Waals surface area contributed by atoms with Crippen molar-refractivity contribution in [3.8, 4) is 5.75 Å². The van der Waals surface area contributed by atoms with Gasteiger partial charge < -0.3 is 10.1 Å². The minimum Gasteiger partial charge on any atom is -0.494 e. The zero-order valence-electron chi connectivity index (χ0n) is 14.8. The highest BCUT2D eigenvalue weighted by molar-refractivity contribution is 7.92. The van der Waals surface area contributed by atoms with Crippen LogP contribution in [-0.4, -0.2) is 33.2 Å². The molecule has 1 amide bonds. The Labute approximate surface area is 152 Å². The summed E-state index contributed by atoms with van der Waals surface area (Å²) in [6.45, 7) is 3.87. The molecule has 2 rings (SSSR count). The van der Waals surface area contributed by atoms with Gasteiger partial charge in [-0.05, 0) is 62.4 Å². The van der Waals surface area contributed by atoms with E-state index in [0.717, 1.165) is 22.7 Å². The van der Waals surface area contributed by atoms with Gasteiger partial charge in [-0.3, -0.25) is 9.10 Å². The first-order valence-corrected chi connectivity index (χ1v) is 9.86. The molecule has 8 heteroatoms. The number of hydrogen-bond acceptors (Lipinski definition) is 4. The van der Waals surface area contributed by atoms with E-state index in [1.54, 1.807) is 24.3 Å².